The summed E-state index contributed by atoms with van der Waals surface area (Å²) in [6, 6.07) is 95.0. The van der Waals surface area contributed by atoms with Crippen molar-refractivity contribution in [3.05, 3.63) is 294 Å². The van der Waals surface area contributed by atoms with E-state index in [1.807, 2.05) is 0 Å². The Balaban J connectivity index is 0.779. The number of benzene rings is 12. The Morgan fingerprint density at radius 1 is 0.402 bits per heavy atom. The van der Waals surface area contributed by atoms with Crippen molar-refractivity contribution in [2.24, 2.45) is 0 Å². The van der Waals surface area contributed by atoms with Gasteiger partial charge in [-0.15, -0.1) is 0 Å². The molecular weight excluding hydrogens is 1120 g/mol. The molecule has 0 spiro atoms. The maximum absolute atomic E-state index is 7.29. The monoisotopic (exact) mass is 1190 g/mol. The number of anilines is 9. The highest BCUT2D eigenvalue weighted by molar-refractivity contribution is 6.99. The predicted molar refractivity (Wildman–Crippen MR) is 391 cm³/mol. The molecule has 0 saturated heterocycles. The third-order valence-corrected chi connectivity index (χ3v) is 20.0. The molecule has 0 fully saturated rings. The minimum Gasteiger partial charge on any atom is -0.458 e. The number of aryl methyl sites for hydroxylation is 3. The van der Waals surface area contributed by atoms with Crippen molar-refractivity contribution in [3.8, 4) is 39.4 Å². The van der Waals surface area contributed by atoms with Crippen LogP contribution in [0.15, 0.2) is 255 Å². The number of hydrogen-bond donors (Lipinski definition) is 0. The molecule has 0 saturated carbocycles. The molecule has 13 aromatic rings. The number of hydrogen-bond acceptors (Lipinski definition) is 4. The van der Waals surface area contributed by atoms with Gasteiger partial charge in [-0.05, 0) is 243 Å². The molecule has 0 atom stereocenters. The Bertz CT molecular complexity index is 5030. The molecule has 0 unspecified atom stereocenters. The fraction of sp³-hybridized carbons (Fsp3) is 0.163. The van der Waals surface area contributed by atoms with E-state index in [1.54, 1.807) is 0 Å². The van der Waals surface area contributed by atoms with Crippen LogP contribution in [0.2, 0.25) is 0 Å². The maximum atomic E-state index is 7.29. The normalized spacial score (nSPS) is 13.5. The molecule has 0 N–H and O–H groups in total. The van der Waals surface area contributed by atoms with Gasteiger partial charge in [-0.1, -0.05) is 177 Å². The molecular formula is C86H75BN4O. The molecule has 0 bridgehead atoms. The van der Waals surface area contributed by atoms with Crippen LogP contribution in [0.25, 0.3) is 49.7 Å². The van der Waals surface area contributed by atoms with E-state index in [4.69, 9.17) is 4.74 Å². The van der Waals surface area contributed by atoms with Crippen molar-refractivity contribution in [1.82, 2.24) is 4.57 Å². The molecule has 0 amide bonds. The number of nitrogens with zero attached hydrogens (tertiary/aromatic N) is 4. The number of para-hydroxylation sites is 4. The summed E-state index contributed by atoms with van der Waals surface area (Å²) in [7, 11) is 0. The Morgan fingerprint density at radius 3 is 1.64 bits per heavy atom. The second-order valence-electron chi connectivity index (χ2n) is 28.4. The van der Waals surface area contributed by atoms with Crippen molar-refractivity contribution in [2.45, 2.75) is 92.4 Å². The molecule has 1 aromatic heterocycles. The summed E-state index contributed by atoms with van der Waals surface area (Å²) in [6.45, 7) is 25.4. The van der Waals surface area contributed by atoms with E-state index in [9.17, 15) is 0 Å². The van der Waals surface area contributed by atoms with E-state index in [1.165, 1.54) is 99.5 Å². The zero-order valence-corrected chi connectivity index (χ0v) is 54.5. The molecule has 92 heavy (non-hydrogen) atoms. The van der Waals surface area contributed by atoms with E-state index in [-0.39, 0.29) is 23.0 Å². The lowest BCUT2D eigenvalue weighted by molar-refractivity contribution is 0.487. The van der Waals surface area contributed by atoms with Crippen LogP contribution >= 0.6 is 0 Å². The topological polar surface area (TPSA) is 23.9 Å². The van der Waals surface area contributed by atoms with E-state index >= 15 is 0 Å². The van der Waals surface area contributed by atoms with Crippen LogP contribution in [0.4, 0.5) is 51.2 Å². The van der Waals surface area contributed by atoms with E-state index < -0.39 is 0 Å². The molecule has 3 heterocycles. The smallest absolute Gasteiger partial charge is 0.256 e. The Hall–Kier alpha value is -10.3. The third kappa shape index (κ3) is 9.20. The van der Waals surface area contributed by atoms with Crippen molar-refractivity contribution in [1.29, 1.82) is 0 Å². The largest absolute Gasteiger partial charge is 0.458 e. The molecule has 0 radical (unpaired) electrons. The minimum atomic E-state index is -0.289. The van der Waals surface area contributed by atoms with Gasteiger partial charge < -0.3 is 24.0 Å². The molecule has 12 aromatic carbocycles. The lowest BCUT2D eigenvalue weighted by atomic mass is 9.34. The van der Waals surface area contributed by atoms with Gasteiger partial charge in [0.05, 0.1) is 11.0 Å². The Kier molecular flexibility index (Phi) is 13.1. The first-order valence-corrected chi connectivity index (χ1v) is 32.6. The third-order valence-electron chi connectivity index (χ3n) is 20.0. The summed E-state index contributed by atoms with van der Waals surface area (Å²) in [6.07, 6.45) is 0. The highest BCUT2D eigenvalue weighted by atomic mass is 16.5. The summed E-state index contributed by atoms with van der Waals surface area (Å²) in [5.74, 6) is 1.85. The van der Waals surface area contributed by atoms with Gasteiger partial charge in [0.2, 0.25) is 0 Å². The van der Waals surface area contributed by atoms with Gasteiger partial charge in [0, 0.05) is 73.1 Å². The molecule has 1 aliphatic carbocycles. The van der Waals surface area contributed by atoms with Gasteiger partial charge >= 0.3 is 0 Å². The second-order valence-corrected chi connectivity index (χ2v) is 28.4. The predicted octanol–water partition coefficient (Wildman–Crippen LogP) is 21.6. The molecule has 16 rings (SSSR count). The highest BCUT2D eigenvalue weighted by Crippen LogP contribution is 2.53. The van der Waals surface area contributed by atoms with E-state index in [2.05, 4.69) is 350 Å². The van der Waals surface area contributed by atoms with Crippen LogP contribution in [-0.4, -0.2) is 11.3 Å². The van der Waals surface area contributed by atoms with Crippen LogP contribution in [0.5, 0.6) is 11.5 Å². The molecule has 3 aliphatic rings. The average Bonchev–Trinajstić information content (AvgIpc) is 1.35. The molecule has 2 aliphatic heterocycles. The Morgan fingerprint density at radius 2 is 0.967 bits per heavy atom. The average molecular weight is 1190 g/mol. The van der Waals surface area contributed by atoms with Gasteiger partial charge in [0.25, 0.3) is 6.71 Å². The second kappa shape index (κ2) is 21.1. The minimum absolute atomic E-state index is 0.0241. The highest BCUT2D eigenvalue weighted by Gasteiger charge is 2.45. The van der Waals surface area contributed by atoms with Crippen LogP contribution in [0, 0.1) is 20.8 Å². The zero-order chi connectivity index (χ0) is 63.1. The standard InChI is InChI=1S/C86H75BN4O/c1-54-45-79-83-81(46-54)92-80-52-70-68-42-40-66(88(60-23-15-12-16-24-60)61-25-17-13-18-26-61)51-72(68)86(10,11)73(70)53-75(80)87(83)74-43-35-59(85(7,8)9)49-78(74)91(79)64-36-31-57(32-37-64)82-55(2)47-67(48-56(82)3)89(63-38-33-58(34-39-63)84(4,5)6)65-41-44-77-71(50-65)69-29-21-22-30-76(69)90(77)62-27-19-14-20-28-62/h12-53H,1-11H3. The van der Waals surface area contributed by atoms with Gasteiger partial charge in [0.15, 0.2) is 0 Å². The van der Waals surface area contributed by atoms with Crippen LogP contribution in [-0.2, 0) is 16.2 Å². The van der Waals surface area contributed by atoms with Gasteiger partial charge in [-0.25, -0.2) is 0 Å². The van der Waals surface area contributed by atoms with Crippen molar-refractivity contribution in [3.63, 3.8) is 0 Å². The van der Waals surface area contributed by atoms with Crippen molar-refractivity contribution < 1.29 is 4.74 Å². The van der Waals surface area contributed by atoms with Gasteiger partial charge in [-0.3, -0.25) is 0 Å². The maximum Gasteiger partial charge on any atom is 0.256 e. The summed E-state index contributed by atoms with van der Waals surface area (Å²) >= 11 is 0. The molecule has 6 heteroatoms. The first-order chi connectivity index (χ1) is 44.4. The number of rotatable bonds is 9. The number of ether oxygens (including phenoxy) is 1. The van der Waals surface area contributed by atoms with Gasteiger partial charge in [0.1, 0.15) is 11.5 Å². The Labute approximate surface area is 542 Å². The molecule has 448 valence electrons. The summed E-state index contributed by atoms with van der Waals surface area (Å²) in [5.41, 5.74) is 30.9. The van der Waals surface area contributed by atoms with Crippen LogP contribution in [0.3, 0.4) is 0 Å². The molecule has 5 nitrogen and oxygen atoms in total. The summed E-state index contributed by atoms with van der Waals surface area (Å²) in [4.78, 5) is 7.33. The fourth-order valence-corrected chi connectivity index (χ4v) is 15.4. The summed E-state index contributed by atoms with van der Waals surface area (Å²) in [5, 5.41) is 2.45. The number of aromatic nitrogens is 1. The first kappa shape index (κ1) is 56.9. The number of fused-ring (bicyclic) bond motifs is 10. The lowest BCUT2D eigenvalue weighted by Crippen LogP contribution is -2.59. The van der Waals surface area contributed by atoms with Crippen molar-refractivity contribution in [2.75, 3.05) is 14.7 Å². The van der Waals surface area contributed by atoms with Crippen LogP contribution in [0.1, 0.15) is 94.3 Å². The zero-order valence-electron chi connectivity index (χ0n) is 54.5. The van der Waals surface area contributed by atoms with Crippen molar-refractivity contribution >= 4 is 96.1 Å². The van der Waals surface area contributed by atoms with Crippen LogP contribution < -0.4 is 35.8 Å². The lowest BCUT2D eigenvalue weighted by Gasteiger charge is -2.41. The summed E-state index contributed by atoms with van der Waals surface area (Å²) < 4.78 is 9.68. The SMILES string of the molecule is Cc1cc2c3c(c1)N(c1ccc(-c4c(C)cc(N(c5ccc(C(C)(C)C)cc5)c5ccc6c(c5)c5ccccc5n6-c5ccccc5)cc4C)cc1)c1cc(C(C)(C)C)ccc1B3c1cc3c(cc1O2)-c1ccc(N(c2ccccc2)c2ccccc2)cc1C3(C)C. The van der Waals surface area contributed by atoms with E-state index in [0.717, 1.165) is 68.2 Å². The quantitative estimate of drug-likeness (QED) is 0.134. The van der Waals surface area contributed by atoms with Gasteiger partial charge in [-0.2, -0.15) is 0 Å². The van der Waals surface area contributed by atoms with E-state index in [0.29, 0.717) is 0 Å². The first-order valence-electron chi connectivity index (χ1n) is 32.6. The fourth-order valence-electron chi connectivity index (χ4n) is 15.4.